The Bertz CT molecular complexity index is 941. The van der Waals surface area contributed by atoms with E-state index in [4.69, 9.17) is 14.2 Å². The molecule has 0 aromatic heterocycles. The molecule has 7 heteroatoms. The number of carbonyl (C=O) groups is 3. The van der Waals surface area contributed by atoms with Crippen molar-refractivity contribution in [2.75, 3.05) is 6.61 Å². The molecule has 32 heavy (non-hydrogen) atoms. The lowest BCUT2D eigenvalue weighted by Crippen LogP contribution is -2.76. The Morgan fingerprint density at radius 3 is 2.59 bits per heavy atom. The summed E-state index contributed by atoms with van der Waals surface area (Å²) in [6, 6.07) is 0. The SMILES string of the molecule is CC(=O)O[C@H]1CCC23C(=O)O[C@]45CC[C@H](C6=CC(=O)OC6)[C@@]4(C)CCC2C5CC[C@]3(O)C1. The molecule has 0 radical (unpaired) electrons. The van der Waals surface area contributed by atoms with Gasteiger partial charge in [-0.3, -0.25) is 9.59 Å². The van der Waals surface area contributed by atoms with Crippen LogP contribution in [0.15, 0.2) is 11.6 Å². The first-order valence-electron chi connectivity index (χ1n) is 12.2. The van der Waals surface area contributed by atoms with Crippen LogP contribution in [0.3, 0.4) is 0 Å². The van der Waals surface area contributed by atoms with Gasteiger partial charge in [0.2, 0.25) is 0 Å². The number of cyclic esters (lactones) is 1. The highest BCUT2D eigenvalue weighted by Gasteiger charge is 2.79. The molecule has 0 aromatic rings. The van der Waals surface area contributed by atoms with Crippen LogP contribution in [-0.4, -0.2) is 46.9 Å². The van der Waals surface area contributed by atoms with Gasteiger partial charge in [-0.25, -0.2) is 4.79 Å². The molecule has 4 aliphatic carbocycles. The number of aliphatic hydroxyl groups is 1. The van der Waals surface area contributed by atoms with Gasteiger partial charge in [0.15, 0.2) is 0 Å². The number of ether oxygens (including phenoxy) is 3. The van der Waals surface area contributed by atoms with Crippen molar-refractivity contribution < 1.29 is 33.7 Å². The molecule has 3 unspecified atom stereocenters. The molecule has 2 spiro atoms. The van der Waals surface area contributed by atoms with E-state index < -0.39 is 16.6 Å². The van der Waals surface area contributed by atoms with Crippen LogP contribution in [0.5, 0.6) is 0 Å². The second-order valence-corrected chi connectivity index (χ2v) is 11.4. The first kappa shape index (κ1) is 20.7. The lowest BCUT2D eigenvalue weighted by Gasteiger charge is -2.70. The zero-order chi connectivity index (χ0) is 22.5. The Morgan fingerprint density at radius 2 is 1.88 bits per heavy atom. The Kier molecular flexibility index (Phi) is 4.12. The van der Waals surface area contributed by atoms with Crippen LogP contribution in [0.4, 0.5) is 0 Å². The Hall–Kier alpha value is -1.89. The first-order valence-corrected chi connectivity index (χ1v) is 12.2. The molecule has 5 fully saturated rings. The van der Waals surface area contributed by atoms with Crippen molar-refractivity contribution in [3.05, 3.63) is 11.6 Å². The maximum Gasteiger partial charge on any atom is 0.331 e. The molecule has 1 saturated heterocycles. The number of hydrogen-bond donors (Lipinski definition) is 1. The third-order valence-corrected chi connectivity index (χ3v) is 10.5. The predicted octanol–water partition coefficient (Wildman–Crippen LogP) is 2.83. The van der Waals surface area contributed by atoms with Gasteiger partial charge >= 0.3 is 17.9 Å². The quantitative estimate of drug-likeness (QED) is 0.516. The summed E-state index contributed by atoms with van der Waals surface area (Å²) in [4.78, 5) is 37.2. The van der Waals surface area contributed by atoms with Gasteiger partial charge in [-0.05, 0) is 68.8 Å². The third kappa shape index (κ3) is 2.28. The topological polar surface area (TPSA) is 99.1 Å². The zero-order valence-corrected chi connectivity index (χ0v) is 18.9. The third-order valence-electron chi connectivity index (χ3n) is 10.5. The second kappa shape index (κ2) is 6.37. The standard InChI is InChI=1S/C25H32O7/c1-14(26)31-16-3-9-24-18-4-7-22(2)17(15-11-20(27)30-13-15)6-10-25(22,32-21(24)28)19(18)5-8-23(24,29)12-16/h11,16-19,29H,3-10,12-13H2,1-2H3/t16-,17+,18?,19?,22+,23-,24?,25-/m0/s1. The summed E-state index contributed by atoms with van der Waals surface area (Å²) in [5.41, 5.74) is -1.81. The smallest absolute Gasteiger partial charge is 0.331 e. The molecular formula is C25H32O7. The van der Waals surface area contributed by atoms with Gasteiger partial charge in [0.25, 0.3) is 0 Å². The molecule has 0 amide bonds. The van der Waals surface area contributed by atoms with E-state index in [2.05, 4.69) is 6.92 Å². The van der Waals surface area contributed by atoms with E-state index in [9.17, 15) is 19.5 Å². The lowest BCUT2D eigenvalue weighted by atomic mass is 9.39. The van der Waals surface area contributed by atoms with E-state index >= 15 is 0 Å². The van der Waals surface area contributed by atoms with Crippen molar-refractivity contribution in [1.29, 1.82) is 0 Å². The largest absolute Gasteiger partial charge is 0.462 e. The summed E-state index contributed by atoms with van der Waals surface area (Å²) >= 11 is 0. The molecule has 4 bridgehead atoms. The normalized spacial score (nSPS) is 51.2. The minimum atomic E-state index is -1.19. The number of hydrogen-bond acceptors (Lipinski definition) is 7. The summed E-state index contributed by atoms with van der Waals surface area (Å²) < 4.78 is 17.2. The fourth-order valence-electron chi connectivity index (χ4n) is 9.25. The molecule has 1 N–H and O–H groups in total. The van der Waals surface area contributed by atoms with E-state index in [1.54, 1.807) is 6.08 Å². The number of carbonyl (C=O) groups excluding carboxylic acids is 3. The number of esters is 3. The van der Waals surface area contributed by atoms with E-state index in [-0.39, 0.29) is 47.2 Å². The Morgan fingerprint density at radius 1 is 1.09 bits per heavy atom. The molecule has 2 aliphatic heterocycles. The van der Waals surface area contributed by atoms with Gasteiger partial charge in [-0.15, -0.1) is 0 Å². The monoisotopic (exact) mass is 444 g/mol. The van der Waals surface area contributed by atoms with E-state index in [0.29, 0.717) is 32.3 Å². The van der Waals surface area contributed by atoms with Crippen molar-refractivity contribution in [2.45, 2.75) is 88.9 Å². The van der Waals surface area contributed by atoms with Crippen LogP contribution in [0.25, 0.3) is 0 Å². The lowest BCUT2D eigenvalue weighted by molar-refractivity contribution is -0.309. The van der Waals surface area contributed by atoms with Crippen LogP contribution in [0, 0.1) is 28.6 Å². The Labute approximate surface area is 187 Å². The predicted molar refractivity (Wildman–Crippen MR) is 111 cm³/mol. The van der Waals surface area contributed by atoms with Crippen LogP contribution >= 0.6 is 0 Å². The van der Waals surface area contributed by atoms with Crippen LogP contribution in [0.1, 0.15) is 71.6 Å². The molecule has 6 rings (SSSR count). The van der Waals surface area contributed by atoms with Crippen molar-refractivity contribution in [1.82, 2.24) is 0 Å². The molecule has 7 nitrogen and oxygen atoms in total. The molecule has 2 heterocycles. The van der Waals surface area contributed by atoms with Crippen LogP contribution in [0.2, 0.25) is 0 Å². The van der Waals surface area contributed by atoms with E-state index in [0.717, 1.165) is 37.7 Å². The molecule has 0 aromatic carbocycles. The fraction of sp³-hybridized carbons (Fsp3) is 0.800. The first-order chi connectivity index (χ1) is 15.2. The molecule has 174 valence electrons. The van der Waals surface area contributed by atoms with Gasteiger partial charge < -0.3 is 19.3 Å². The maximum absolute atomic E-state index is 13.9. The molecule has 4 saturated carbocycles. The van der Waals surface area contributed by atoms with Crippen molar-refractivity contribution in [2.24, 2.45) is 28.6 Å². The molecular weight excluding hydrogens is 412 g/mol. The summed E-state index contributed by atoms with van der Waals surface area (Å²) in [7, 11) is 0. The van der Waals surface area contributed by atoms with Gasteiger partial charge in [-0.1, -0.05) is 6.92 Å². The van der Waals surface area contributed by atoms with E-state index in [1.165, 1.54) is 6.92 Å². The number of rotatable bonds is 2. The van der Waals surface area contributed by atoms with Crippen molar-refractivity contribution in [3.63, 3.8) is 0 Å². The highest BCUT2D eigenvalue weighted by Crippen LogP contribution is 2.75. The fourth-order valence-corrected chi connectivity index (χ4v) is 9.25. The zero-order valence-electron chi connectivity index (χ0n) is 18.9. The average Bonchev–Trinajstić information content (AvgIpc) is 3.26. The van der Waals surface area contributed by atoms with Gasteiger partial charge in [0, 0.05) is 30.8 Å². The Balaban J connectivity index is 1.37. The summed E-state index contributed by atoms with van der Waals surface area (Å²) in [5, 5.41) is 11.9. The van der Waals surface area contributed by atoms with Gasteiger partial charge in [0.05, 0.1) is 5.60 Å². The highest BCUT2D eigenvalue weighted by atomic mass is 16.6. The maximum atomic E-state index is 13.9. The summed E-state index contributed by atoms with van der Waals surface area (Å²) in [5.74, 6) is -0.387. The van der Waals surface area contributed by atoms with E-state index in [1.807, 2.05) is 0 Å². The summed E-state index contributed by atoms with van der Waals surface area (Å²) in [6.45, 7) is 3.98. The van der Waals surface area contributed by atoms with Crippen molar-refractivity contribution >= 4 is 17.9 Å². The van der Waals surface area contributed by atoms with Gasteiger partial charge in [0.1, 0.15) is 23.7 Å². The highest BCUT2D eigenvalue weighted by molar-refractivity contribution is 5.85. The molecule has 6 aliphatic rings. The molecule has 8 atom stereocenters. The minimum absolute atomic E-state index is 0.0862. The van der Waals surface area contributed by atoms with Gasteiger partial charge in [-0.2, -0.15) is 0 Å². The second-order valence-electron chi connectivity index (χ2n) is 11.4. The minimum Gasteiger partial charge on any atom is -0.462 e. The van der Waals surface area contributed by atoms with Crippen molar-refractivity contribution in [3.8, 4) is 0 Å². The summed E-state index contributed by atoms with van der Waals surface area (Å²) in [6.07, 6.45) is 7.50. The van der Waals surface area contributed by atoms with Crippen LogP contribution in [-0.2, 0) is 28.6 Å². The average molecular weight is 445 g/mol. The van der Waals surface area contributed by atoms with Crippen LogP contribution < -0.4 is 0 Å².